The Morgan fingerprint density at radius 3 is 2.39 bits per heavy atom. The van der Waals surface area contributed by atoms with Crippen LogP contribution in [0.3, 0.4) is 0 Å². The number of rotatable bonds is 2. The maximum atomic E-state index is 12.3. The fraction of sp³-hybridized carbons (Fsp3) is 0.308. The average Bonchev–Trinajstić information content (AvgIpc) is 2.37. The fourth-order valence-electron chi connectivity index (χ4n) is 1.96. The molecule has 5 nitrogen and oxygen atoms in total. The highest BCUT2D eigenvalue weighted by Gasteiger charge is 2.40. The number of benzene rings is 1. The molecule has 1 aromatic rings. The van der Waals surface area contributed by atoms with Crippen molar-refractivity contribution in [3.8, 4) is 0 Å². The Morgan fingerprint density at radius 2 is 1.78 bits per heavy atom. The van der Waals surface area contributed by atoms with E-state index < -0.39 is 6.04 Å². The topological polar surface area (TPSA) is 57.7 Å². The summed E-state index contributed by atoms with van der Waals surface area (Å²) in [6, 6.07) is 7.49. The van der Waals surface area contributed by atoms with Crippen LogP contribution < -0.4 is 0 Å². The minimum atomic E-state index is -1.04. The molecule has 0 aliphatic carbocycles. The molecule has 1 saturated heterocycles. The quantitative estimate of drug-likeness (QED) is 0.552. The van der Waals surface area contributed by atoms with Gasteiger partial charge in [0.2, 0.25) is 5.91 Å². The van der Waals surface area contributed by atoms with E-state index in [9.17, 15) is 14.4 Å². The van der Waals surface area contributed by atoms with Crippen molar-refractivity contribution in [1.29, 1.82) is 0 Å². The zero-order valence-corrected chi connectivity index (χ0v) is 10.3. The van der Waals surface area contributed by atoms with Crippen LogP contribution in [0, 0.1) is 0 Å². The molecule has 0 saturated carbocycles. The van der Waals surface area contributed by atoms with Gasteiger partial charge in [0, 0.05) is 19.7 Å². The van der Waals surface area contributed by atoms with E-state index in [2.05, 4.69) is 0 Å². The van der Waals surface area contributed by atoms with Crippen molar-refractivity contribution < 1.29 is 14.4 Å². The molecule has 2 rings (SSSR count). The third-order valence-electron chi connectivity index (χ3n) is 3.07. The number of ketones is 1. The smallest absolute Gasteiger partial charge is 0.253 e. The molecule has 2 amide bonds. The third-order valence-corrected chi connectivity index (χ3v) is 3.07. The summed E-state index contributed by atoms with van der Waals surface area (Å²) in [7, 11) is 3.01. The van der Waals surface area contributed by atoms with Crippen LogP contribution >= 0.6 is 0 Å². The maximum Gasteiger partial charge on any atom is 0.253 e. The lowest BCUT2D eigenvalue weighted by Crippen LogP contribution is -2.60. The Bertz CT molecular complexity index is 498. The van der Waals surface area contributed by atoms with Crippen LogP contribution in [-0.4, -0.2) is 54.1 Å². The van der Waals surface area contributed by atoms with Crippen molar-refractivity contribution in [3.63, 3.8) is 0 Å². The molecule has 1 fully saturated rings. The summed E-state index contributed by atoms with van der Waals surface area (Å²) in [5, 5.41) is 0. The van der Waals surface area contributed by atoms with Gasteiger partial charge in [-0.15, -0.1) is 0 Å². The molecular weight excluding hydrogens is 232 g/mol. The standard InChI is InChI=1S/C13H14N2O3/c1-14-8-10(16)15(2)11(13(14)18)12(17)9-6-4-3-5-7-9/h3-7,11H,8H2,1-2H3. The largest absolute Gasteiger partial charge is 0.334 e. The van der Waals surface area contributed by atoms with Gasteiger partial charge in [0.15, 0.2) is 11.8 Å². The number of piperazine rings is 1. The molecule has 0 bridgehead atoms. The molecule has 0 radical (unpaired) electrons. The van der Waals surface area contributed by atoms with Gasteiger partial charge in [-0.25, -0.2) is 0 Å². The lowest BCUT2D eigenvalue weighted by molar-refractivity contribution is -0.150. The Hall–Kier alpha value is -2.17. The summed E-state index contributed by atoms with van der Waals surface area (Å²) in [6.07, 6.45) is 0. The highest BCUT2D eigenvalue weighted by Crippen LogP contribution is 2.14. The molecular formula is C13H14N2O3. The summed E-state index contributed by atoms with van der Waals surface area (Å²) < 4.78 is 0. The van der Waals surface area contributed by atoms with Gasteiger partial charge in [0.1, 0.15) is 0 Å². The van der Waals surface area contributed by atoms with Crippen molar-refractivity contribution in [1.82, 2.24) is 9.80 Å². The molecule has 0 N–H and O–H groups in total. The van der Waals surface area contributed by atoms with E-state index in [1.54, 1.807) is 30.3 Å². The minimum absolute atomic E-state index is 0.0217. The molecule has 1 aromatic carbocycles. The first kappa shape index (κ1) is 12.3. The van der Waals surface area contributed by atoms with Crippen LogP contribution in [0.25, 0.3) is 0 Å². The summed E-state index contributed by atoms with van der Waals surface area (Å²) in [6.45, 7) is 0.0217. The third kappa shape index (κ3) is 1.99. The van der Waals surface area contributed by atoms with Gasteiger partial charge < -0.3 is 9.80 Å². The van der Waals surface area contributed by atoms with Crippen LogP contribution in [0.1, 0.15) is 10.4 Å². The van der Waals surface area contributed by atoms with Gasteiger partial charge in [-0.3, -0.25) is 14.4 Å². The van der Waals surface area contributed by atoms with E-state index in [1.807, 2.05) is 0 Å². The van der Waals surface area contributed by atoms with E-state index in [0.717, 1.165) is 0 Å². The zero-order valence-electron chi connectivity index (χ0n) is 10.3. The van der Waals surface area contributed by atoms with Crippen molar-refractivity contribution in [2.45, 2.75) is 6.04 Å². The number of hydrogen-bond acceptors (Lipinski definition) is 3. The summed E-state index contributed by atoms with van der Waals surface area (Å²) in [5.41, 5.74) is 0.436. The van der Waals surface area contributed by atoms with Crippen LogP contribution in [0.15, 0.2) is 30.3 Å². The molecule has 1 heterocycles. The zero-order chi connectivity index (χ0) is 13.3. The van der Waals surface area contributed by atoms with E-state index in [1.165, 1.54) is 23.9 Å². The number of carbonyl (C=O) groups is 3. The predicted molar refractivity (Wildman–Crippen MR) is 65.0 cm³/mol. The number of likely N-dealkylation sites (N-methyl/N-ethyl adjacent to an activating group) is 2. The molecule has 18 heavy (non-hydrogen) atoms. The molecule has 1 aliphatic heterocycles. The SMILES string of the molecule is CN1CC(=O)N(C)C(C(=O)c2ccccc2)C1=O. The molecule has 1 unspecified atom stereocenters. The normalized spacial score (nSPS) is 20.2. The second-order valence-corrected chi connectivity index (χ2v) is 4.33. The van der Waals surface area contributed by atoms with Gasteiger partial charge in [-0.05, 0) is 0 Å². The van der Waals surface area contributed by atoms with Crippen LogP contribution in [0.2, 0.25) is 0 Å². The van der Waals surface area contributed by atoms with Crippen molar-refractivity contribution in [2.75, 3.05) is 20.6 Å². The van der Waals surface area contributed by atoms with Gasteiger partial charge in [-0.2, -0.15) is 0 Å². The number of amides is 2. The molecule has 1 aliphatic rings. The molecule has 0 spiro atoms. The first-order valence-electron chi connectivity index (χ1n) is 5.62. The van der Waals surface area contributed by atoms with E-state index in [-0.39, 0.29) is 24.1 Å². The van der Waals surface area contributed by atoms with Crippen LogP contribution in [-0.2, 0) is 9.59 Å². The van der Waals surface area contributed by atoms with Crippen LogP contribution in [0.4, 0.5) is 0 Å². The van der Waals surface area contributed by atoms with Crippen molar-refractivity contribution in [3.05, 3.63) is 35.9 Å². The Kier molecular flexibility index (Phi) is 3.14. The van der Waals surface area contributed by atoms with Gasteiger partial charge in [0.25, 0.3) is 5.91 Å². The highest BCUT2D eigenvalue weighted by molar-refractivity contribution is 6.16. The Morgan fingerprint density at radius 1 is 1.17 bits per heavy atom. The van der Waals surface area contributed by atoms with E-state index in [0.29, 0.717) is 5.56 Å². The fourth-order valence-corrected chi connectivity index (χ4v) is 1.96. The average molecular weight is 246 g/mol. The number of Topliss-reactive ketones (excluding diaryl/α,β-unsaturated/α-hetero) is 1. The van der Waals surface area contributed by atoms with Gasteiger partial charge in [0.05, 0.1) is 6.54 Å². The first-order valence-corrected chi connectivity index (χ1v) is 5.62. The number of carbonyl (C=O) groups excluding carboxylic acids is 3. The summed E-state index contributed by atoms with van der Waals surface area (Å²) in [5.74, 6) is -0.916. The highest BCUT2D eigenvalue weighted by atomic mass is 16.2. The maximum absolute atomic E-state index is 12.3. The minimum Gasteiger partial charge on any atom is -0.334 e. The number of hydrogen-bond donors (Lipinski definition) is 0. The first-order chi connectivity index (χ1) is 8.52. The van der Waals surface area contributed by atoms with Gasteiger partial charge in [-0.1, -0.05) is 30.3 Å². The Balaban J connectivity index is 2.33. The second kappa shape index (κ2) is 4.60. The lowest BCUT2D eigenvalue weighted by atomic mass is 10.0. The Labute approximate surface area is 105 Å². The van der Waals surface area contributed by atoms with E-state index in [4.69, 9.17) is 0 Å². The second-order valence-electron chi connectivity index (χ2n) is 4.33. The molecule has 1 atom stereocenters. The molecule has 0 aromatic heterocycles. The van der Waals surface area contributed by atoms with Crippen molar-refractivity contribution in [2.24, 2.45) is 0 Å². The predicted octanol–water partition coefficient (Wildman–Crippen LogP) is 0.168. The van der Waals surface area contributed by atoms with Gasteiger partial charge >= 0.3 is 0 Å². The van der Waals surface area contributed by atoms with Crippen molar-refractivity contribution >= 4 is 17.6 Å². The summed E-state index contributed by atoms with van der Waals surface area (Å²) in [4.78, 5) is 38.5. The summed E-state index contributed by atoms with van der Waals surface area (Å²) >= 11 is 0. The monoisotopic (exact) mass is 246 g/mol. The number of nitrogens with zero attached hydrogens (tertiary/aromatic N) is 2. The lowest BCUT2D eigenvalue weighted by Gasteiger charge is -2.35. The molecule has 5 heteroatoms. The van der Waals surface area contributed by atoms with E-state index >= 15 is 0 Å². The molecule has 94 valence electrons. The van der Waals surface area contributed by atoms with Crippen LogP contribution in [0.5, 0.6) is 0 Å².